The molecule has 2 aliphatic rings. The molecule has 2 fully saturated rings. The normalized spacial score (nSPS) is 15.0. The number of likely N-dealkylation sites (tertiary alicyclic amines) is 2. The Kier molecular flexibility index (Phi) is 13.7. The Morgan fingerprint density at radius 1 is 0.569 bits per heavy atom. The molecule has 2 saturated heterocycles. The van der Waals surface area contributed by atoms with Crippen LogP contribution in [0.2, 0.25) is 0 Å². The van der Waals surface area contributed by atoms with Crippen molar-refractivity contribution in [1.82, 2.24) is 9.80 Å². The lowest BCUT2D eigenvalue weighted by Crippen LogP contribution is -2.53. The van der Waals surface area contributed by atoms with Crippen molar-refractivity contribution in [2.45, 2.75) is 50.6 Å². The van der Waals surface area contributed by atoms with Gasteiger partial charge in [0.15, 0.2) is 0 Å². The van der Waals surface area contributed by atoms with Crippen LogP contribution in [0.5, 0.6) is 0 Å². The number of rotatable bonds is 10. The first-order chi connectivity index (χ1) is 25.0. The van der Waals surface area contributed by atoms with E-state index in [-0.39, 0.29) is 12.1 Å². The van der Waals surface area contributed by atoms with Gasteiger partial charge in [0.2, 0.25) is 0 Å². The lowest BCUT2D eigenvalue weighted by Gasteiger charge is -2.44. The van der Waals surface area contributed by atoms with Gasteiger partial charge in [-0.15, -0.1) is 34.3 Å². The van der Waals surface area contributed by atoms with Crippen LogP contribution in [-0.4, -0.2) is 53.3 Å². The van der Waals surface area contributed by atoms with Gasteiger partial charge in [0.1, 0.15) is 0 Å². The predicted octanol–water partition coefficient (Wildman–Crippen LogP) is 10.3. The molecular weight excluding hydrogens is 688 g/mol. The predicted molar refractivity (Wildman–Crippen MR) is 215 cm³/mol. The second-order valence-corrected chi connectivity index (χ2v) is 16.1. The van der Waals surface area contributed by atoms with E-state index in [1.807, 2.05) is 23.5 Å². The summed E-state index contributed by atoms with van der Waals surface area (Å²) in [6.07, 6.45) is 0.164. The van der Waals surface area contributed by atoms with E-state index >= 15 is 0 Å². The summed E-state index contributed by atoms with van der Waals surface area (Å²) >= 11 is 9.13. The van der Waals surface area contributed by atoms with Gasteiger partial charge in [-0.2, -0.15) is 0 Å². The molecule has 0 bridgehead atoms. The van der Waals surface area contributed by atoms with Crippen molar-refractivity contribution in [3.05, 3.63) is 187 Å². The number of aliphatic hydroxyl groups is 1. The molecule has 0 spiro atoms. The van der Waals surface area contributed by atoms with Crippen LogP contribution in [0.3, 0.4) is 0 Å². The zero-order chi connectivity index (χ0) is 35.4. The van der Waals surface area contributed by atoms with Crippen molar-refractivity contribution in [1.29, 1.82) is 0 Å². The minimum absolute atomic E-state index is 0.167. The number of hydrogen-bond acceptors (Lipinski definition) is 6. The molecule has 1 N–H and O–H groups in total. The third kappa shape index (κ3) is 10.5. The summed E-state index contributed by atoms with van der Waals surface area (Å²) in [4.78, 5) is 10.1. The van der Waals surface area contributed by atoms with Gasteiger partial charge in [0.05, 0.1) is 36.8 Å². The van der Waals surface area contributed by atoms with Crippen LogP contribution in [0.1, 0.15) is 53.8 Å². The van der Waals surface area contributed by atoms with E-state index in [1.165, 1.54) is 41.8 Å². The molecule has 7 heteroatoms. The molecule has 0 saturated carbocycles. The van der Waals surface area contributed by atoms with Crippen LogP contribution in [0, 0.1) is 13.8 Å². The van der Waals surface area contributed by atoms with Gasteiger partial charge in [0.25, 0.3) is 0 Å². The monoisotopic (exact) mass is 734 g/mol. The third-order valence-corrected chi connectivity index (χ3v) is 11.6. The van der Waals surface area contributed by atoms with E-state index in [2.05, 4.69) is 157 Å². The molecule has 0 unspecified atom stereocenters. The summed E-state index contributed by atoms with van der Waals surface area (Å²) in [7, 11) is 0. The summed E-state index contributed by atoms with van der Waals surface area (Å²) in [6, 6.07) is 51.6. The fourth-order valence-corrected chi connectivity index (χ4v) is 8.38. The molecule has 51 heavy (non-hydrogen) atoms. The topological polar surface area (TPSA) is 35.9 Å². The van der Waals surface area contributed by atoms with Crippen molar-refractivity contribution in [3.63, 3.8) is 0 Å². The van der Waals surface area contributed by atoms with E-state index in [9.17, 15) is 5.11 Å². The van der Waals surface area contributed by atoms with Crippen LogP contribution in [-0.2, 0) is 17.2 Å². The highest BCUT2D eigenvalue weighted by molar-refractivity contribution is 7.12. The number of β-amino-alcohol motifs (C(OH)–C–C–N with tert-alkyl or cyclic N) is 1. The molecule has 0 radical (unpaired) electrons. The summed E-state index contributed by atoms with van der Waals surface area (Å²) in [5, 5.41) is 9.52. The third-order valence-electron chi connectivity index (χ3n) is 9.14. The molecule has 4 nitrogen and oxygen atoms in total. The smallest absolute Gasteiger partial charge is 0.0834 e. The van der Waals surface area contributed by atoms with Crippen LogP contribution >= 0.6 is 34.3 Å². The Balaban J connectivity index is 0.000000150. The van der Waals surface area contributed by atoms with Crippen LogP contribution in [0.4, 0.5) is 0 Å². The fraction of sp³-hybridized carbons (Fsp3) is 0.273. The lowest BCUT2D eigenvalue weighted by molar-refractivity contribution is -0.0733. The Bertz CT molecular complexity index is 1780. The second kappa shape index (κ2) is 18.8. The van der Waals surface area contributed by atoms with Gasteiger partial charge in [-0.05, 0) is 60.4 Å². The average Bonchev–Trinajstić information content (AvgIpc) is 3.77. The molecule has 4 aromatic carbocycles. The lowest BCUT2D eigenvalue weighted by atomic mass is 9.94. The van der Waals surface area contributed by atoms with Crippen molar-refractivity contribution < 1.29 is 9.84 Å². The summed E-state index contributed by atoms with van der Waals surface area (Å²) in [5.74, 6) is 0.651. The summed E-state index contributed by atoms with van der Waals surface area (Å²) in [6.45, 7) is 8.45. The van der Waals surface area contributed by atoms with Gasteiger partial charge in [-0.1, -0.05) is 121 Å². The van der Waals surface area contributed by atoms with E-state index in [4.69, 9.17) is 16.3 Å². The SMILES string of the molecule is Cc1ccc(CCl)s1.Cc1ccc(COC2CN(C(c3ccccc3)c3ccccc3)C2)s1.OC1CN(C(c2ccccc2)c2ccccc2)C1. The van der Waals surface area contributed by atoms with Gasteiger partial charge in [0, 0.05) is 45.7 Å². The summed E-state index contributed by atoms with van der Waals surface area (Å²) < 4.78 is 6.10. The molecule has 2 aromatic heterocycles. The first kappa shape index (κ1) is 37.2. The highest BCUT2D eigenvalue weighted by Crippen LogP contribution is 2.34. The number of ether oxygens (including phenoxy) is 1. The second-order valence-electron chi connectivity index (χ2n) is 13.1. The van der Waals surface area contributed by atoms with E-state index < -0.39 is 0 Å². The number of hydrogen-bond donors (Lipinski definition) is 1. The number of nitrogens with zero attached hydrogens (tertiary/aromatic N) is 2. The molecule has 264 valence electrons. The Morgan fingerprint density at radius 2 is 0.941 bits per heavy atom. The highest BCUT2D eigenvalue weighted by atomic mass is 35.5. The first-order valence-corrected chi connectivity index (χ1v) is 19.8. The molecule has 4 heterocycles. The van der Waals surface area contributed by atoms with E-state index in [0.717, 1.165) is 32.8 Å². The van der Waals surface area contributed by atoms with Gasteiger partial charge < -0.3 is 9.84 Å². The number of aryl methyl sites for hydroxylation is 2. The standard InChI is InChI=1S/C22H23NOS.C16H17NO.C6H7ClS/c1-17-12-13-21(25-17)16-24-20-14-23(15-20)22(18-8-4-2-5-9-18)19-10-6-3-7-11-19;18-15-11-17(12-15)16(13-7-3-1-4-8-13)14-9-5-2-6-10-14;1-5-2-3-6(4-7)8-5/h2-13,20,22H,14-16H2,1H3;1-10,15-16,18H,11-12H2;2-3H,4H2,1H3. The van der Waals surface area contributed by atoms with E-state index in [0.29, 0.717) is 18.0 Å². The van der Waals surface area contributed by atoms with Crippen molar-refractivity contribution in [2.75, 3.05) is 26.2 Å². The number of aliphatic hydroxyl groups excluding tert-OH is 1. The minimum atomic E-state index is -0.167. The maximum Gasteiger partial charge on any atom is 0.0834 e. The molecule has 0 amide bonds. The van der Waals surface area contributed by atoms with Crippen LogP contribution in [0.15, 0.2) is 146 Å². The molecule has 6 aromatic rings. The largest absolute Gasteiger partial charge is 0.390 e. The summed E-state index contributed by atoms with van der Waals surface area (Å²) in [5.41, 5.74) is 5.27. The van der Waals surface area contributed by atoms with E-state index in [1.54, 1.807) is 11.3 Å². The Morgan fingerprint density at radius 3 is 1.25 bits per heavy atom. The number of alkyl halides is 1. The van der Waals surface area contributed by atoms with Crippen molar-refractivity contribution >= 4 is 34.3 Å². The van der Waals surface area contributed by atoms with Crippen LogP contribution < -0.4 is 0 Å². The number of thiophene rings is 2. The van der Waals surface area contributed by atoms with Gasteiger partial charge in [-0.3, -0.25) is 9.80 Å². The Hall–Kier alpha value is -3.59. The molecule has 2 aliphatic heterocycles. The number of benzene rings is 4. The van der Waals surface area contributed by atoms with Crippen molar-refractivity contribution in [3.8, 4) is 0 Å². The van der Waals surface area contributed by atoms with Crippen LogP contribution in [0.25, 0.3) is 0 Å². The zero-order valence-corrected chi connectivity index (χ0v) is 31.7. The fourth-order valence-electron chi connectivity index (χ4n) is 6.57. The highest BCUT2D eigenvalue weighted by Gasteiger charge is 2.35. The van der Waals surface area contributed by atoms with Gasteiger partial charge in [-0.25, -0.2) is 0 Å². The first-order valence-electron chi connectivity index (χ1n) is 17.6. The minimum Gasteiger partial charge on any atom is -0.390 e. The molecule has 0 aliphatic carbocycles. The zero-order valence-electron chi connectivity index (χ0n) is 29.4. The molecule has 8 rings (SSSR count). The number of halogens is 1. The van der Waals surface area contributed by atoms with Crippen molar-refractivity contribution in [2.24, 2.45) is 0 Å². The Labute approximate surface area is 316 Å². The maximum atomic E-state index is 9.52. The molecular formula is C44H47ClN2O2S2. The maximum absolute atomic E-state index is 9.52. The average molecular weight is 735 g/mol. The quantitative estimate of drug-likeness (QED) is 0.142. The van der Waals surface area contributed by atoms with Gasteiger partial charge >= 0.3 is 0 Å². The molecule has 0 atom stereocenters.